The summed E-state index contributed by atoms with van der Waals surface area (Å²) in [7, 11) is 0. The Balaban J connectivity index is 2.32. The maximum atomic E-state index is 11.8. The Bertz CT molecular complexity index is 211. The van der Waals surface area contributed by atoms with Crippen molar-refractivity contribution in [3.8, 4) is 0 Å². The van der Waals surface area contributed by atoms with E-state index >= 15 is 0 Å². The van der Waals surface area contributed by atoms with Crippen LogP contribution in [0.4, 0.5) is 0 Å². The predicted molar refractivity (Wildman–Crippen MR) is 63.6 cm³/mol. The van der Waals surface area contributed by atoms with Crippen LogP contribution >= 0.6 is 0 Å². The van der Waals surface area contributed by atoms with Gasteiger partial charge in [-0.3, -0.25) is 4.79 Å². The van der Waals surface area contributed by atoms with Gasteiger partial charge in [0.2, 0.25) is 5.91 Å². The fraction of sp³-hybridized carbons (Fsp3) is 0.923. The highest BCUT2D eigenvalue weighted by Gasteiger charge is 2.26. The molecule has 0 spiro atoms. The van der Waals surface area contributed by atoms with E-state index in [2.05, 4.69) is 32.6 Å². The molecule has 0 radical (unpaired) electrons. The van der Waals surface area contributed by atoms with Crippen LogP contribution in [0.25, 0.3) is 0 Å². The highest BCUT2D eigenvalue weighted by molar-refractivity contribution is 5.76. The standard InChI is InChI=1S/C13H25NO/c1-10(2)7-12-5-6-14(9-12)13(15)8-11(3)4/h10-12H,5-9H2,1-4H3. The zero-order valence-electron chi connectivity index (χ0n) is 10.6. The summed E-state index contributed by atoms with van der Waals surface area (Å²) in [6.45, 7) is 10.7. The molecule has 0 aliphatic carbocycles. The maximum absolute atomic E-state index is 11.8. The van der Waals surface area contributed by atoms with E-state index in [1.165, 1.54) is 12.8 Å². The predicted octanol–water partition coefficient (Wildman–Crippen LogP) is 2.93. The maximum Gasteiger partial charge on any atom is 0.222 e. The molecule has 1 rings (SSSR count). The van der Waals surface area contributed by atoms with Gasteiger partial charge in [-0.25, -0.2) is 0 Å². The van der Waals surface area contributed by atoms with Gasteiger partial charge < -0.3 is 4.90 Å². The van der Waals surface area contributed by atoms with Crippen LogP contribution in [-0.2, 0) is 4.79 Å². The Kier molecular flexibility index (Phi) is 4.62. The topological polar surface area (TPSA) is 20.3 Å². The van der Waals surface area contributed by atoms with Gasteiger partial charge in [0.05, 0.1) is 0 Å². The van der Waals surface area contributed by atoms with Gasteiger partial charge >= 0.3 is 0 Å². The Morgan fingerprint density at radius 1 is 1.27 bits per heavy atom. The highest BCUT2D eigenvalue weighted by atomic mass is 16.2. The van der Waals surface area contributed by atoms with Crippen molar-refractivity contribution in [3.63, 3.8) is 0 Å². The molecule has 0 aromatic rings. The summed E-state index contributed by atoms with van der Waals surface area (Å²) in [4.78, 5) is 13.9. The summed E-state index contributed by atoms with van der Waals surface area (Å²) < 4.78 is 0. The molecule has 1 fully saturated rings. The van der Waals surface area contributed by atoms with E-state index in [-0.39, 0.29) is 0 Å². The highest BCUT2D eigenvalue weighted by Crippen LogP contribution is 2.24. The van der Waals surface area contributed by atoms with Crippen molar-refractivity contribution in [2.75, 3.05) is 13.1 Å². The van der Waals surface area contributed by atoms with Crippen LogP contribution in [0.3, 0.4) is 0 Å². The van der Waals surface area contributed by atoms with Gasteiger partial charge in [-0.1, -0.05) is 27.7 Å². The molecule has 2 nitrogen and oxygen atoms in total. The number of likely N-dealkylation sites (tertiary alicyclic amines) is 1. The smallest absolute Gasteiger partial charge is 0.222 e. The molecule has 1 atom stereocenters. The Morgan fingerprint density at radius 2 is 1.93 bits per heavy atom. The molecule has 0 aromatic carbocycles. The first kappa shape index (κ1) is 12.5. The summed E-state index contributed by atoms with van der Waals surface area (Å²) in [5.41, 5.74) is 0. The Hall–Kier alpha value is -0.530. The van der Waals surface area contributed by atoms with Gasteiger partial charge in [0.25, 0.3) is 0 Å². The van der Waals surface area contributed by atoms with E-state index in [0.29, 0.717) is 18.2 Å². The van der Waals surface area contributed by atoms with Gasteiger partial charge in [-0.2, -0.15) is 0 Å². The normalized spacial score (nSPS) is 21.7. The van der Waals surface area contributed by atoms with Crippen LogP contribution in [0, 0.1) is 17.8 Å². The van der Waals surface area contributed by atoms with Crippen molar-refractivity contribution < 1.29 is 4.79 Å². The number of carbonyl (C=O) groups excluding carboxylic acids is 1. The van der Waals surface area contributed by atoms with Crippen LogP contribution in [0.2, 0.25) is 0 Å². The SMILES string of the molecule is CC(C)CC(=O)N1CCC(CC(C)C)C1. The van der Waals surface area contributed by atoms with Gasteiger partial charge in [0.1, 0.15) is 0 Å². The first-order valence-electron chi connectivity index (χ1n) is 6.26. The molecule has 0 saturated carbocycles. The molecule has 1 amide bonds. The van der Waals surface area contributed by atoms with Crippen LogP contribution < -0.4 is 0 Å². The Labute approximate surface area is 94.0 Å². The first-order valence-corrected chi connectivity index (χ1v) is 6.26. The van der Waals surface area contributed by atoms with Crippen LogP contribution in [-0.4, -0.2) is 23.9 Å². The fourth-order valence-corrected chi connectivity index (χ4v) is 2.40. The van der Waals surface area contributed by atoms with E-state index in [1.807, 2.05) is 0 Å². The number of nitrogens with zero attached hydrogens (tertiary/aromatic N) is 1. The van der Waals surface area contributed by atoms with Crippen LogP contribution in [0.15, 0.2) is 0 Å². The van der Waals surface area contributed by atoms with E-state index in [1.54, 1.807) is 0 Å². The van der Waals surface area contributed by atoms with Crippen LogP contribution in [0.1, 0.15) is 47.0 Å². The van der Waals surface area contributed by atoms with Crippen molar-refractivity contribution in [2.45, 2.75) is 47.0 Å². The number of hydrogen-bond donors (Lipinski definition) is 0. The molecular formula is C13H25NO. The average molecular weight is 211 g/mol. The van der Waals surface area contributed by atoms with Crippen molar-refractivity contribution >= 4 is 5.91 Å². The minimum absolute atomic E-state index is 0.358. The molecular weight excluding hydrogens is 186 g/mol. The molecule has 0 N–H and O–H groups in total. The van der Waals surface area contributed by atoms with Gasteiger partial charge in [0, 0.05) is 19.5 Å². The minimum Gasteiger partial charge on any atom is -0.342 e. The second-order valence-corrected chi connectivity index (χ2v) is 5.72. The molecule has 88 valence electrons. The summed E-state index contributed by atoms with van der Waals surface area (Å²) in [5.74, 6) is 2.36. The third-order valence-corrected chi connectivity index (χ3v) is 3.03. The monoisotopic (exact) mass is 211 g/mol. The molecule has 1 saturated heterocycles. The first-order chi connectivity index (χ1) is 6.99. The number of amides is 1. The van der Waals surface area contributed by atoms with E-state index in [4.69, 9.17) is 0 Å². The molecule has 1 aliphatic heterocycles. The van der Waals surface area contributed by atoms with Crippen molar-refractivity contribution in [2.24, 2.45) is 17.8 Å². The molecule has 1 heterocycles. The summed E-state index contributed by atoms with van der Waals surface area (Å²) in [6, 6.07) is 0. The summed E-state index contributed by atoms with van der Waals surface area (Å²) >= 11 is 0. The second-order valence-electron chi connectivity index (χ2n) is 5.72. The largest absolute Gasteiger partial charge is 0.342 e. The number of rotatable bonds is 4. The lowest BCUT2D eigenvalue weighted by molar-refractivity contribution is -0.131. The van der Waals surface area contributed by atoms with Crippen molar-refractivity contribution in [1.82, 2.24) is 4.90 Å². The quantitative estimate of drug-likeness (QED) is 0.700. The van der Waals surface area contributed by atoms with Crippen molar-refractivity contribution in [1.29, 1.82) is 0 Å². The number of carbonyl (C=O) groups is 1. The van der Waals surface area contributed by atoms with E-state index in [0.717, 1.165) is 24.9 Å². The average Bonchev–Trinajstić information content (AvgIpc) is 2.50. The molecule has 0 aromatic heterocycles. The number of hydrogen-bond acceptors (Lipinski definition) is 1. The van der Waals surface area contributed by atoms with Gasteiger partial charge in [-0.15, -0.1) is 0 Å². The molecule has 15 heavy (non-hydrogen) atoms. The lowest BCUT2D eigenvalue weighted by Crippen LogP contribution is -2.29. The second kappa shape index (κ2) is 5.53. The molecule has 1 unspecified atom stereocenters. The molecule has 1 aliphatic rings. The molecule has 2 heteroatoms. The third kappa shape index (κ3) is 4.23. The van der Waals surface area contributed by atoms with Crippen LogP contribution in [0.5, 0.6) is 0 Å². The zero-order valence-corrected chi connectivity index (χ0v) is 10.6. The zero-order chi connectivity index (χ0) is 11.4. The van der Waals surface area contributed by atoms with Gasteiger partial charge in [0.15, 0.2) is 0 Å². The Morgan fingerprint density at radius 3 is 2.47 bits per heavy atom. The van der Waals surface area contributed by atoms with Crippen molar-refractivity contribution in [3.05, 3.63) is 0 Å². The lowest BCUT2D eigenvalue weighted by atomic mass is 9.97. The summed E-state index contributed by atoms with van der Waals surface area (Å²) in [6.07, 6.45) is 3.20. The fourth-order valence-electron chi connectivity index (χ4n) is 2.40. The summed E-state index contributed by atoms with van der Waals surface area (Å²) in [5, 5.41) is 0. The van der Waals surface area contributed by atoms with E-state index < -0.39 is 0 Å². The third-order valence-electron chi connectivity index (χ3n) is 3.03. The lowest BCUT2D eigenvalue weighted by Gasteiger charge is -2.18. The van der Waals surface area contributed by atoms with E-state index in [9.17, 15) is 4.79 Å². The minimum atomic E-state index is 0.358. The van der Waals surface area contributed by atoms with Gasteiger partial charge in [-0.05, 0) is 30.6 Å². The molecule has 0 bridgehead atoms.